The van der Waals surface area contributed by atoms with Crippen molar-refractivity contribution in [1.82, 2.24) is 4.98 Å². The molecule has 0 aliphatic heterocycles. The van der Waals surface area contributed by atoms with Crippen LogP contribution in [0.4, 0.5) is 17.1 Å². The van der Waals surface area contributed by atoms with E-state index < -0.39 is 5.97 Å². The minimum atomic E-state index is -0.850. The number of carbonyl (C=O) groups is 1. The predicted molar refractivity (Wildman–Crippen MR) is 123 cm³/mol. The van der Waals surface area contributed by atoms with E-state index in [0.717, 1.165) is 22.6 Å². The van der Waals surface area contributed by atoms with Crippen LogP contribution in [0, 0.1) is 16.7 Å². The predicted octanol–water partition coefficient (Wildman–Crippen LogP) is 5.79. The third kappa shape index (κ3) is 4.86. The Morgan fingerprint density at radius 1 is 0.781 bits per heavy atom. The Morgan fingerprint density at radius 3 is 1.97 bits per heavy atom. The lowest BCUT2D eigenvalue weighted by Crippen LogP contribution is -2.09. The van der Waals surface area contributed by atoms with Gasteiger partial charge in [-0.2, -0.15) is 0 Å². The Morgan fingerprint density at radius 2 is 1.38 bits per heavy atom. The van der Waals surface area contributed by atoms with E-state index in [0.29, 0.717) is 5.69 Å². The maximum atomic E-state index is 11.6. The van der Waals surface area contributed by atoms with Gasteiger partial charge in [-0.25, -0.2) is 9.78 Å². The summed E-state index contributed by atoms with van der Waals surface area (Å²) in [5.74, 6) is 5.11. The highest BCUT2D eigenvalue weighted by Gasteiger charge is 2.11. The molecule has 6 nitrogen and oxygen atoms in total. The number of rotatable bonds is 5. The summed E-state index contributed by atoms with van der Waals surface area (Å²) in [5.41, 5.74) is 4.42. The fourth-order valence-corrected chi connectivity index (χ4v) is 3.14. The molecule has 1 aromatic heterocycles. The van der Waals surface area contributed by atoms with Gasteiger partial charge in [0.05, 0.1) is 5.56 Å². The summed E-state index contributed by atoms with van der Waals surface area (Å²) in [6.45, 7) is 0. The molecule has 4 rings (SSSR count). The van der Waals surface area contributed by atoms with Crippen LogP contribution in [-0.2, 0) is 4.84 Å². The molecule has 0 aliphatic carbocycles. The van der Waals surface area contributed by atoms with E-state index in [4.69, 9.17) is 0 Å². The summed E-state index contributed by atoms with van der Waals surface area (Å²) in [6, 6.07) is 31.0. The molecule has 0 bridgehead atoms. The van der Waals surface area contributed by atoms with Crippen molar-refractivity contribution in [2.75, 3.05) is 4.90 Å². The average molecular weight is 419 g/mol. The molecule has 0 amide bonds. The normalized spacial score (nSPS) is 9.88. The van der Waals surface area contributed by atoms with Gasteiger partial charge in [-0.3, -0.25) is 4.84 Å². The number of pyridine rings is 1. The van der Waals surface area contributed by atoms with Crippen LogP contribution in [0.1, 0.15) is 21.6 Å². The molecule has 3 aromatic carbocycles. The molecular weight excluding hydrogens is 402 g/mol. The molecule has 0 unspecified atom stereocenters. The summed E-state index contributed by atoms with van der Waals surface area (Å²) in [5, 5.41) is 2.14. The van der Waals surface area contributed by atoms with Gasteiger partial charge in [0, 0.05) is 28.8 Å². The van der Waals surface area contributed by atoms with Crippen molar-refractivity contribution in [3.63, 3.8) is 0 Å². The molecule has 0 aliphatic rings. The fourth-order valence-electron chi connectivity index (χ4n) is 3.14. The van der Waals surface area contributed by atoms with Gasteiger partial charge in [0.2, 0.25) is 0 Å². The van der Waals surface area contributed by atoms with E-state index in [1.165, 1.54) is 18.3 Å². The van der Waals surface area contributed by atoms with E-state index in [1.807, 2.05) is 60.7 Å². The van der Waals surface area contributed by atoms with E-state index in [1.54, 1.807) is 0 Å². The fraction of sp³-hybridized carbons (Fsp3) is 0. The number of carbonyl (C=O) groups excluding carboxylic acids is 1. The summed E-state index contributed by atoms with van der Waals surface area (Å²) < 4.78 is 0. The maximum Gasteiger partial charge on any atom is 0.369 e. The molecule has 4 aromatic rings. The zero-order valence-electron chi connectivity index (χ0n) is 16.9. The van der Waals surface area contributed by atoms with Crippen LogP contribution < -0.4 is 4.90 Å². The van der Waals surface area contributed by atoms with Gasteiger partial charge < -0.3 is 4.90 Å². The first-order valence-corrected chi connectivity index (χ1v) is 9.77. The molecule has 0 saturated heterocycles. The Kier molecular flexibility index (Phi) is 6.30. The minimum absolute atomic E-state index is 0.153. The molecular formula is C26H17N3O3. The molecule has 0 spiro atoms. The number of nitrogens with zero attached hydrogens (tertiary/aromatic N) is 3. The number of anilines is 3. The quantitative estimate of drug-likeness (QED) is 0.233. The molecule has 32 heavy (non-hydrogen) atoms. The molecule has 154 valence electrons. The van der Waals surface area contributed by atoms with Crippen molar-refractivity contribution in [2.45, 2.75) is 0 Å². The van der Waals surface area contributed by atoms with Crippen molar-refractivity contribution in [3.05, 3.63) is 125 Å². The van der Waals surface area contributed by atoms with Gasteiger partial charge in [0.25, 0.3) is 0 Å². The molecule has 0 N–H and O–H groups in total. The first-order chi connectivity index (χ1) is 15.7. The molecule has 1 heterocycles. The van der Waals surface area contributed by atoms with Gasteiger partial charge >= 0.3 is 5.97 Å². The smallest absolute Gasteiger partial charge is 0.311 e. The van der Waals surface area contributed by atoms with Crippen LogP contribution >= 0.6 is 0 Å². The standard InChI is InChI=1S/C26H17N3O3/c30-26(32-28-31)21-17-18-27-22(19-21)14-11-20-12-15-25(16-13-20)29(23-7-3-1-4-8-23)24-9-5-2-6-10-24/h1-10,12-13,15-19H. The Labute approximate surface area is 185 Å². The highest BCUT2D eigenvalue weighted by atomic mass is 16.7. The van der Waals surface area contributed by atoms with Gasteiger partial charge in [0.1, 0.15) is 5.69 Å². The van der Waals surface area contributed by atoms with Gasteiger partial charge in [-0.05, 0) is 66.6 Å². The van der Waals surface area contributed by atoms with Crippen molar-refractivity contribution >= 4 is 23.0 Å². The van der Waals surface area contributed by atoms with Crippen LogP contribution in [0.15, 0.2) is 109 Å². The SMILES string of the molecule is O=NOC(=O)c1ccnc(C#Cc2ccc(N(c3ccccc3)c3ccccc3)cc2)c1. The first kappa shape index (κ1) is 20.5. The number of hydrogen-bond acceptors (Lipinski definition) is 6. The maximum absolute atomic E-state index is 11.6. The zero-order valence-corrected chi connectivity index (χ0v) is 16.9. The number of aromatic nitrogens is 1. The number of hydrogen-bond donors (Lipinski definition) is 0. The lowest BCUT2D eigenvalue weighted by atomic mass is 10.1. The first-order valence-electron chi connectivity index (χ1n) is 9.77. The highest BCUT2D eigenvalue weighted by Crippen LogP contribution is 2.33. The second-order valence-corrected chi connectivity index (χ2v) is 6.69. The van der Waals surface area contributed by atoms with E-state index in [9.17, 15) is 9.70 Å². The second kappa shape index (κ2) is 9.83. The van der Waals surface area contributed by atoms with Crippen LogP contribution in [0.3, 0.4) is 0 Å². The number of benzene rings is 3. The average Bonchev–Trinajstić information content (AvgIpc) is 2.85. The van der Waals surface area contributed by atoms with E-state index >= 15 is 0 Å². The summed E-state index contributed by atoms with van der Waals surface area (Å²) >= 11 is 0. The Bertz CT molecular complexity index is 1240. The molecule has 0 fully saturated rings. The van der Waals surface area contributed by atoms with E-state index in [-0.39, 0.29) is 5.56 Å². The van der Waals surface area contributed by atoms with Crippen LogP contribution in [-0.4, -0.2) is 11.0 Å². The van der Waals surface area contributed by atoms with Crippen LogP contribution in [0.25, 0.3) is 0 Å². The van der Waals surface area contributed by atoms with Crippen molar-refractivity contribution in [1.29, 1.82) is 0 Å². The lowest BCUT2D eigenvalue weighted by Gasteiger charge is -2.25. The van der Waals surface area contributed by atoms with Crippen molar-refractivity contribution in [2.24, 2.45) is 5.34 Å². The van der Waals surface area contributed by atoms with Gasteiger partial charge in [0.15, 0.2) is 5.34 Å². The largest absolute Gasteiger partial charge is 0.369 e. The highest BCUT2D eigenvalue weighted by molar-refractivity contribution is 5.89. The van der Waals surface area contributed by atoms with Gasteiger partial charge in [-0.1, -0.05) is 42.3 Å². The van der Waals surface area contributed by atoms with Crippen molar-refractivity contribution in [3.8, 4) is 11.8 Å². The summed E-state index contributed by atoms with van der Waals surface area (Å²) in [7, 11) is 0. The molecule has 0 atom stereocenters. The third-order valence-electron chi connectivity index (χ3n) is 4.61. The lowest BCUT2D eigenvalue weighted by molar-refractivity contribution is 0.0508. The van der Waals surface area contributed by atoms with Crippen molar-refractivity contribution < 1.29 is 9.63 Å². The number of para-hydroxylation sites is 2. The molecule has 0 radical (unpaired) electrons. The summed E-state index contributed by atoms with van der Waals surface area (Å²) in [6.07, 6.45) is 1.42. The second-order valence-electron chi connectivity index (χ2n) is 6.69. The molecule has 6 heteroatoms. The zero-order chi connectivity index (χ0) is 22.2. The summed E-state index contributed by atoms with van der Waals surface area (Å²) in [4.78, 5) is 32.1. The molecule has 0 saturated carbocycles. The minimum Gasteiger partial charge on any atom is -0.311 e. The van der Waals surface area contributed by atoms with Crippen LogP contribution in [0.2, 0.25) is 0 Å². The monoisotopic (exact) mass is 419 g/mol. The van der Waals surface area contributed by atoms with Crippen LogP contribution in [0.5, 0.6) is 0 Å². The Balaban J connectivity index is 1.60. The van der Waals surface area contributed by atoms with Gasteiger partial charge in [-0.15, -0.1) is 4.91 Å². The van der Waals surface area contributed by atoms with E-state index in [2.05, 4.69) is 56.2 Å². The Hall–Kier alpha value is -4.76. The topological polar surface area (TPSA) is 71.9 Å². The third-order valence-corrected chi connectivity index (χ3v) is 4.61.